The van der Waals surface area contributed by atoms with Gasteiger partial charge in [-0.05, 0) is 13.8 Å². The van der Waals surface area contributed by atoms with Gasteiger partial charge >= 0.3 is 0 Å². The summed E-state index contributed by atoms with van der Waals surface area (Å²) in [4.78, 5) is 24.0. The number of nitrogens with zero attached hydrogens (tertiary/aromatic N) is 1. The second-order valence-corrected chi connectivity index (χ2v) is 2.79. The highest BCUT2D eigenvalue weighted by Crippen LogP contribution is 1.90. The maximum Gasteiger partial charge on any atom is 0.249 e. The first-order valence-corrected chi connectivity index (χ1v) is 4.69. The number of carbonyl (C=O) groups excluding carboxylic acids is 2. The van der Waals surface area contributed by atoms with Crippen molar-refractivity contribution in [2.75, 3.05) is 33.4 Å². The van der Waals surface area contributed by atoms with Crippen LogP contribution in [0.3, 0.4) is 0 Å². The van der Waals surface area contributed by atoms with E-state index in [-0.39, 0.29) is 25.0 Å². The Morgan fingerprint density at radius 2 is 2.00 bits per heavy atom. The summed E-state index contributed by atoms with van der Waals surface area (Å²) in [5, 5.41) is 2.63. The molecule has 0 radical (unpaired) electrons. The molecule has 0 aromatic carbocycles. The van der Waals surface area contributed by atoms with E-state index in [1.165, 1.54) is 12.0 Å². The van der Waals surface area contributed by atoms with Crippen molar-refractivity contribution in [1.82, 2.24) is 10.2 Å². The number of likely N-dealkylation sites (N-methyl/N-ethyl adjacent to an activating group) is 2. The molecule has 0 aliphatic rings. The smallest absolute Gasteiger partial charge is 0.249 e. The van der Waals surface area contributed by atoms with Gasteiger partial charge in [-0.1, -0.05) is 0 Å². The van der Waals surface area contributed by atoms with E-state index in [9.17, 15) is 9.59 Å². The highest BCUT2D eigenvalue weighted by Gasteiger charge is 2.14. The van der Waals surface area contributed by atoms with E-state index >= 15 is 0 Å². The summed E-state index contributed by atoms with van der Waals surface area (Å²) in [6.07, 6.45) is 0. The Bertz CT molecular complexity index is 194. The number of methoxy groups -OCH3 is 1. The van der Waals surface area contributed by atoms with E-state index in [4.69, 9.17) is 4.74 Å². The fourth-order valence-corrected chi connectivity index (χ4v) is 1.02. The Balaban J connectivity index is 4.01. The minimum Gasteiger partial charge on any atom is -0.375 e. The highest BCUT2D eigenvalue weighted by atomic mass is 16.5. The summed E-state index contributed by atoms with van der Waals surface area (Å²) in [5.41, 5.74) is 0. The van der Waals surface area contributed by atoms with Gasteiger partial charge in [-0.25, -0.2) is 0 Å². The summed E-state index contributed by atoms with van der Waals surface area (Å²) >= 11 is 0. The fourth-order valence-electron chi connectivity index (χ4n) is 1.02. The van der Waals surface area contributed by atoms with Crippen molar-refractivity contribution in [3.63, 3.8) is 0 Å². The quantitative estimate of drug-likeness (QED) is 0.638. The van der Waals surface area contributed by atoms with Gasteiger partial charge < -0.3 is 15.0 Å². The van der Waals surface area contributed by atoms with Gasteiger partial charge in [0.05, 0.1) is 6.54 Å². The zero-order chi connectivity index (χ0) is 11.0. The van der Waals surface area contributed by atoms with Gasteiger partial charge in [0.2, 0.25) is 11.8 Å². The molecule has 1 N–H and O–H groups in total. The van der Waals surface area contributed by atoms with Crippen LogP contribution in [-0.2, 0) is 14.3 Å². The predicted molar refractivity (Wildman–Crippen MR) is 52.8 cm³/mol. The molecule has 5 nitrogen and oxygen atoms in total. The molecule has 0 aromatic heterocycles. The van der Waals surface area contributed by atoms with Crippen LogP contribution in [0.1, 0.15) is 13.8 Å². The molecule has 0 saturated carbocycles. The van der Waals surface area contributed by atoms with Crippen molar-refractivity contribution >= 4 is 11.8 Å². The average molecular weight is 202 g/mol. The van der Waals surface area contributed by atoms with E-state index in [2.05, 4.69) is 5.32 Å². The van der Waals surface area contributed by atoms with Gasteiger partial charge in [0.15, 0.2) is 0 Å². The van der Waals surface area contributed by atoms with Crippen LogP contribution in [0.5, 0.6) is 0 Å². The van der Waals surface area contributed by atoms with E-state index in [0.717, 1.165) is 0 Å². The van der Waals surface area contributed by atoms with Gasteiger partial charge in [-0.2, -0.15) is 0 Å². The maximum atomic E-state index is 11.3. The lowest BCUT2D eigenvalue weighted by molar-refractivity contribution is -0.138. The Labute approximate surface area is 84.4 Å². The highest BCUT2D eigenvalue weighted by molar-refractivity contribution is 5.85. The summed E-state index contributed by atoms with van der Waals surface area (Å²) in [7, 11) is 1.46. The van der Waals surface area contributed by atoms with Crippen molar-refractivity contribution < 1.29 is 14.3 Å². The molecule has 2 amide bonds. The van der Waals surface area contributed by atoms with Crippen LogP contribution in [0.4, 0.5) is 0 Å². The molecule has 14 heavy (non-hydrogen) atoms. The van der Waals surface area contributed by atoms with E-state index in [1.54, 1.807) is 0 Å². The Morgan fingerprint density at radius 1 is 1.36 bits per heavy atom. The number of ether oxygens (including phenoxy) is 1. The first-order valence-electron chi connectivity index (χ1n) is 4.69. The number of amides is 2. The molecule has 82 valence electrons. The summed E-state index contributed by atoms with van der Waals surface area (Å²) in [6, 6.07) is 0. The molecule has 0 bridgehead atoms. The monoisotopic (exact) mass is 202 g/mol. The standard InChI is InChI=1S/C9H18N2O3/c1-4-10-8(12)6-11(5-2)9(13)7-14-3/h4-7H2,1-3H3,(H,10,12). The second-order valence-electron chi connectivity index (χ2n) is 2.79. The van der Waals surface area contributed by atoms with Gasteiger partial charge in [0.1, 0.15) is 6.61 Å². The first-order chi connectivity index (χ1) is 6.65. The SMILES string of the molecule is CCNC(=O)CN(CC)C(=O)COC. The van der Waals surface area contributed by atoms with Gasteiger partial charge in [-0.3, -0.25) is 9.59 Å². The Kier molecular flexibility index (Phi) is 6.74. The fraction of sp³-hybridized carbons (Fsp3) is 0.778. The Hall–Kier alpha value is -1.10. The topological polar surface area (TPSA) is 58.6 Å². The van der Waals surface area contributed by atoms with Crippen LogP contribution in [0, 0.1) is 0 Å². The van der Waals surface area contributed by atoms with Crippen LogP contribution in [0.15, 0.2) is 0 Å². The molecule has 0 spiro atoms. The maximum absolute atomic E-state index is 11.3. The van der Waals surface area contributed by atoms with Crippen molar-refractivity contribution in [2.45, 2.75) is 13.8 Å². The summed E-state index contributed by atoms with van der Waals surface area (Å²) < 4.78 is 4.71. The van der Waals surface area contributed by atoms with Gasteiger partial charge in [0.25, 0.3) is 0 Å². The third kappa shape index (κ3) is 4.81. The summed E-state index contributed by atoms with van der Waals surface area (Å²) in [5.74, 6) is -0.306. The molecule has 0 aliphatic heterocycles. The lowest BCUT2D eigenvalue weighted by Crippen LogP contribution is -2.41. The second kappa shape index (κ2) is 7.32. The lowest BCUT2D eigenvalue weighted by Gasteiger charge is -2.19. The van der Waals surface area contributed by atoms with Crippen molar-refractivity contribution in [3.8, 4) is 0 Å². The lowest BCUT2D eigenvalue weighted by atomic mass is 10.4. The number of hydrogen-bond donors (Lipinski definition) is 1. The first kappa shape index (κ1) is 12.9. The zero-order valence-corrected chi connectivity index (χ0v) is 9.00. The third-order valence-electron chi connectivity index (χ3n) is 1.71. The van der Waals surface area contributed by atoms with Crippen LogP contribution in [-0.4, -0.2) is 50.1 Å². The van der Waals surface area contributed by atoms with Crippen molar-refractivity contribution in [1.29, 1.82) is 0 Å². The van der Waals surface area contributed by atoms with Gasteiger partial charge in [0, 0.05) is 20.2 Å². The van der Waals surface area contributed by atoms with Crippen LogP contribution >= 0.6 is 0 Å². The van der Waals surface area contributed by atoms with E-state index in [0.29, 0.717) is 13.1 Å². The normalized spacial score (nSPS) is 9.64. The molecular formula is C9H18N2O3. The van der Waals surface area contributed by atoms with E-state index in [1.807, 2.05) is 13.8 Å². The average Bonchev–Trinajstić information content (AvgIpc) is 2.15. The molecule has 0 rings (SSSR count). The minimum atomic E-state index is -0.166. The van der Waals surface area contributed by atoms with Crippen LogP contribution in [0.25, 0.3) is 0 Å². The molecular weight excluding hydrogens is 184 g/mol. The largest absolute Gasteiger partial charge is 0.375 e. The van der Waals surface area contributed by atoms with E-state index < -0.39 is 0 Å². The summed E-state index contributed by atoms with van der Waals surface area (Å²) in [6.45, 7) is 4.88. The molecule has 0 fully saturated rings. The van der Waals surface area contributed by atoms with Crippen molar-refractivity contribution in [3.05, 3.63) is 0 Å². The molecule has 0 atom stereocenters. The molecule has 0 unspecified atom stereocenters. The molecule has 0 aromatic rings. The molecule has 5 heteroatoms. The zero-order valence-electron chi connectivity index (χ0n) is 9.00. The predicted octanol–water partition coefficient (Wildman–Crippen LogP) is -0.383. The number of rotatable bonds is 6. The Morgan fingerprint density at radius 3 is 2.43 bits per heavy atom. The molecule has 0 aliphatic carbocycles. The number of nitrogens with one attached hydrogen (secondary N) is 1. The molecule has 0 saturated heterocycles. The number of carbonyl (C=O) groups is 2. The molecule has 0 heterocycles. The van der Waals surface area contributed by atoms with Crippen LogP contribution < -0.4 is 5.32 Å². The van der Waals surface area contributed by atoms with Gasteiger partial charge in [-0.15, -0.1) is 0 Å². The number of hydrogen-bond acceptors (Lipinski definition) is 3. The third-order valence-corrected chi connectivity index (χ3v) is 1.71. The van der Waals surface area contributed by atoms with Crippen molar-refractivity contribution in [2.24, 2.45) is 0 Å². The minimum absolute atomic E-state index is 0.0211. The van der Waals surface area contributed by atoms with Crippen LogP contribution in [0.2, 0.25) is 0 Å².